The van der Waals surface area contributed by atoms with E-state index in [1.165, 1.54) is 13.8 Å². The van der Waals surface area contributed by atoms with Crippen LogP contribution in [0.3, 0.4) is 0 Å². The predicted molar refractivity (Wildman–Crippen MR) is 300 cm³/mol. The van der Waals surface area contributed by atoms with Crippen LogP contribution in [0.1, 0.15) is 107 Å². The van der Waals surface area contributed by atoms with Crippen molar-refractivity contribution in [3.05, 3.63) is 11.6 Å². The molecule has 5 saturated heterocycles. The zero-order valence-electron chi connectivity index (χ0n) is 51.8. The molecule has 3 saturated carbocycles. The Balaban J connectivity index is 0.884. The fourth-order valence-electron chi connectivity index (χ4n) is 17.1. The zero-order valence-corrected chi connectivity index (χ0v) is 51.8. The Kier molecular flexibility index (Phi) is 22.3. The summed E-state index contributed by atoms with van der Waals surface area (Å²) in [5.74, 6) is -0.0172. The van der Waals surface area contributed by atoms with Crippen LogP contribution < -0.4 is 0 Å². The van der Waals surface area contributed by atoms with Crippen LogP contribution in [0.2, 0.25) is 0 Å². The molecule has 8 fully saturated rings. The van der Waals surface area contributed by atoms with Crippen LogP contribution in [0.25, 0.3) is 0 Å². The largest absolute Gasteiger partial charge is 0.394 e. The normalized spacial score (nSPS) is 51.8. The molecule has 0 aromatic heterocycles. The van der Waals surface area contributed by atoms with Gasteiger partial charge in [0.05, 0.1) is 56.9 Å². The van der Waals surface area contributed by atoms with Crippen LogP contribution in [0.15, 0.2) is 11.6 Å². The monoisotopic (exact) mass is 1290 g/mol. The molecule has 0 radical (unpaired) electrons. The van der Waals surface area contributed by atoms with Gasteiger partial charge in [-0.3, -0.25) is 0 Å². The van der Waals surface area contributed by atoms with Gasteiger partial charge in [0.1, 0.15) is 122 Å². The summed E-state index contributed by atoms with van der Waals surface area (Å²) in [6.45, 7) is 12.3. The maximum Gasteiger partial charge on any atom is 0.187 e. The third-order valence-corrected chi connectivity index (χ3v) is 22.9. The minimum atomic E-state index is -1.96. The van der Waals surface area contributed by atoms with E-state index in [2.05, 4.69) is 33.8 Å². The van der Waals surface area contributed by atoms with Crippen LogP contribution in [0.5, 0.6) is 0 Å². The number of aliphatic hydroxyl groups is 19. The van der Waals surface area contributed by atoms with E-state index < -0.39 is 227 Å². The van der Waals surface area contributed by atoms with Crippen molar-refractivity contribution in [2.75, 3.05) is 33.0 Å². The number of aliphatic hydroxyl groups excluding tert-OH is 18. The maximum atomic E-state index is 12.8. The summed E-state index contributed by atoms with van der Waals surface area (Å²) in [6, 6.07) is 0. The molecule has 9 aliphatic rings. The molecular weight excluding hydrogens is 1180 g/mol. The molecule has 516 valence electrons. The first kappa shape index (κ1) is 71.9. The van der Waals surface area contributed by atoms with Crippen LogP contribution in [0.4, 0.5) is 0 Å². The van der Waals surface area contributed by atoms with Gasteiger partial charge in [-0.25, -0.2) is 0 Å². The van der Waals surface area contributed by atoms with Gasteiger partial charge in [0, 0.05) is 10.8 Å². The highest BCUT2D eigenvalue weighted by molar-refractivity contribution is 5.32. The second-order valence-electron chi connectivity index (χ2n) is 28.7. The molecule has 89 heavy (non-hydrogen) atoms. The van der Waals surface area contributed by atoms with Gasteiger partial charge in [0.15, 0.2) is 31.5 Å². The molecule has 5 heterocycles. The average molecular weight is 1290 g/mol. The van der Waals surface area contributed by atoms with Crippen LogP contribution in [-0.2, 0) is 47.4 Å². The van der Waals surface area contributed by atoms with Gasteiger partial charge in [0.2, 0.25) is 0 Å². The van der Waals surface area contributed by atoms with E-state index in [1.54, 1.807) is 0 Å². The maximum absolute atomic E-state index is 12.8. The minimum Gasteiger partial charge on any atom is -0.394 e. The van der Waals surface area contributed by atoms with Crippen molar-refractivity contribution < 1.29 is 144 Å². The molecule has 29 heteroatoms. The van der Waals surface area contributed by atoms with Crippen LogP contribution in [0, 0.1) is 45.3 Å². The van der Waals surface area contributed by atoms with Crippen LogP contribution >= 0.6 is 0 Å². The van der Waals surface area contributed by atoms with E-state index >= 15 is 0 Å². The molecule has 0 amide bonds. The second-order valence-corrected chi connectivity index (χ2v) is 28.7. The Morgan fingerprint density at radius 3 is 1.52 bits per heavy atom. The molecule has 5 aliphatic heterocycles. The topological polar surface area (TPSA) is 477 Å². The van der Waals surface area contributed by atoms with E-state index in [9.17, 15) is 97.0 Å². The summed E-state index contributed by atoms with van der Waals surface area (Å²) >= 11 is 0. The van der Waals surface area contributed by atoms with E-state index in [4.69, 9.17) is 47.4 Å². The summed E-state index contributed by atoms with van der Waals surface area (Å²) in [4.78, 5) is 0. The van der Waals surface area contributed by atoms with Crippen molar-refractivity contribution in [2.45, 2.75) is 284 Å². The van der Waals surface area contributed by atoms with Crippen molar-refractivity contribution in [1.82, 2.24) is 0 Å². The quantitative estimate of drug-likeness (QED) is 0.0506. The fourth-order valence-corrected chi connectivity index (χ4v) is 17.1. The van der Waals surface area contributed by atoms with Gasteiger partial charge in [-0.15, -0.1) is 0 Å². The van der Waals surface area contributed by atoms with Gasteiger partial charge in [0.25, 0.3) is 0 Å². The number of hydrogen-bond acceptors (Lipinski definition) is 29. The molecule has 0 spiro atoms. The Morgan fingerprint density at radius 2 is 0.978 bits per heavy atom. The lowest BCUT2D eigenvalue weighted by molar-refractivity contribution is -0.380. The van der Waals surface area contributed by atoms with Crippen molar-refractivity contribution in [3.8, 4) is 0 Å². The summed E-state index contributed by atoms with van der Waals surface area (Å²) in [7, 11) is 0. The Morgan fingerprint density at radius 1 is 0.517 bits per heavy atom. The van der Waals surface area contributed by atoms with Crippen molar-refractivity contribution in [2.24, 2.45) is 45.3 Å². The number of hydrogen-bond donors (Lipinski definition) is 19. The van der Waals surface area contributed by atoms with Gasteiger partial charge in [-0.2, -0.15) is 0 Å². The Bertz CT molecular complexity index is 2340. The molecular formula is C60H102O29. The first-order valence-corrected chi connectivity index (χ1v) is 31.6. The predicted octanol–water partition coefficient (Wildman–Crippen LogP) is -5.41. The number of fused-ring (bicyclic) bond motifs is 5. The third kappa shape index (κ3) is 13.0. The van der Waals surface area contributed by atoms with E-state index in [-0.39, 0.29) is 35.5 Å². The SMILES string of the molecule is C[C@H](CC[C@@H](O[C@@H]1O[C@H](CO[C@@H]2O[C@H](CO)[C@@H](O)[C@H](O)[C@H]2O)[C@@H](O)[C@H](O)[C@H]1O[C@@H]1O[C@H](CO)[C@@H](O)[C@H](O)[C@H]1O)C(C)(C)O)[C@H]1CC[C@@]2(C)[C@H]3CC=C4[C@@H](CC[C@H](O[C@@H]5O[C@H](CO)[C@@H](O[C@@H]6O[C@H](CO)[C@@H](O)[C@H](O)[C@H]6O)[C@H](O)[C@H]5O)C4(C)C)[C@]3(C)[C@H](O)C[C@]12C. The summed E-state index contributed by atoms with van der Waals surface area (Å²) in [5, 5.41) is 205. The molecule has 0 bridgehead atoms. The Hall–Kier alpha value is -1.42. The van der Waals surface area contributed by atoms with E-state index in [1.807, 2.05) is 13.8 Å². The minimum absolute atomic E-state index is 0.0310. The molecule has 0 unspecified atom stereocenters. The third-order valence-electron chi connectivity index (χ3n) is 22.9. The highest BCUT2D eigenvalue weighted by atomic mass is 16.8. The first-order valence-electron chi connectivity index (χ1n) is 31.6. The first-order chi connectivity index (χ1) is 41.7. The summed E-state index contributed by atoms with van der Waals surface area (Å²) in [6.07, 6.45) is -37.7. The summed E-state index contributed by atoms with van der Waals surface area (Å²) in [5.41, 5.74) is -2.49. The number of rotatable bonds is 20. The molecule has 29 nitrogen and oxygen atoms in total. The lowest BCUT2D eigenvalue weighted by Gasteiger charge is -2.67. The molecule has 19 N–H and O–H groups in total. The molecule has 9 rings (SSSR count). The number of allylic oxidation sites excluding steroid dienone is 1. The number of ether oxygens (including phenoxy) is 10. The standard InChI is InChI=1S/C60H102O29/c1-23(9-13-35(57(4,5)79)87-55-50(89-54-47(77)42(72)38(68)29(20-63)83-54)43(73)39(69)31(85-55)22-80-51-45(75)40(70)36(66)27(18-61)81-51)24-15-16-58(6)32-12-10-25-26(60(32,8)33(65)17-59(24,58)7)11-14-34(56(25,2)3)86-52-48(78)44(74)49(30(21-64)84-52)88-53-46(76)41(71)37(67)28(19-62)82-53/h10,23-24,26-55,61-79H,9,11-22H2,1-8H3/t23-,24-,26-,27-,28-,29-,30-,31-,32-,33-,34+,35-,36-,37-,38-,39-,40+,41+,42+,43+,44-,45-,46-,47-,48-,49-,50-,51-,52+,53+,54+,55+,58+,59-,60+/m1/s1. The molecule has 0 aromatic carbocycles. The van der Waals surface area contributed by atoms with Gasteiger partial charge < -0.3 is 144 Å². The van der Waals surface area contributed by atoms with Crippen LogP contribution in [-0.4, -0.2) is 308 Å². The van der Waals surface area contributed by atoms with Gasteiger partial charge >= 0.3 is 0 Å². The highest BCUT2D eigenvalue weighted by Gasteiger charge is 2.71. The van der Waals surface area contributed by atoms with Gasteiger partial charge in [-0.1, -0.05) is 53.2 Å². The lowest BCUT2D eigenvalue weighted by Crippen LogP contribution is -2.66. The fraction of sp³-hybridized carbons (Fsp3) is 0.967. The zero-order chi connectivity index (χ0) is 65.5. The van der Waals surface area contributed by atoms with E-state index in [0.29, 0.717) is 32.1 Å². The van der Waals surface area contributed by atoms with Crippen molar-refractivity contribution in [3.63, 3.8) is 0 Å². The van der Waals surface area contributed by atoms with E-state index in [0.717, 1.165) is 18.4 Å². The molecule has 35 atom stereocenters. The lowest BCUT2D eigenvalue weighted by atomic mass is 9.38. The average Bonchev–Trinajstić information content (AvgIpc) is 1.66. The molecule has 4 aliphatic carbocycles. The van der Waals surface area contributed by atoms with Crippen molar-refractivity contribution >= 4 is 0 Å². The van der Waals surface area contributed by atoms with Gasteiger partial charge in [-0.05, 0) is 99.7 Å². The Labute approximate surface area is 517 Å². The smallest absolute Gasteiger partial charge is 0.187 e. The summed E-state index contributed by atoms with van der Waals surface area (Å²) < 4.78 is 59.5. The second kappa shape index (κ2) is 27.6. The highest BCUT2D eigenvalue weighted by Crippen LogP contribution is 2.75. The molecule has 0 aromatic rings. The van der Waals surface area contributed by atoms with Crippen molar-refractivity contribution in [1.29, 1.82) is 0 Å².